The quantitative estimate of drug-likeness (QED) is 0.746. The summed E-state index contributed by atoms with van der Waals surface area (Å²) >= 11 is 0. The van der Waals surface area contributed by atoms with Crippen molar-refractivity contribution in [2.24, 2.45) is 0 Å². The van der Waals surface area contributed by atoms with Crippen molar-refractivity contribution >= 4 is 5.91 Å². The van der Waals surface area contributed by atoms with Gasteiger partial charge in [-0.25, -0.2) is 4.98 Å². The minimum atomic E-state index is 0.00986. The minimum absolute atomic E-state index is 0.00986. The highest BCUT2D eigenvalue weighted by Gasteiger charge is 2.28. The lowest BCUT2D eigenvalue weighted by atomic mass is 9.96. The largest absolute Gasteiger partial charge is 0.493 e. The molecule has 7 nitrogen and oxygen atoms in total. The Labute approximate surface area is 159 Å². The molecule has 146 valence electrons. The van der Waals surface area contributed by atoms with Gasteiger partial charge in [-0.05, 0) is 31.0 Å². The zero-order chi connectivity index (χ0) is 19.2. The molecule has 1 aromatic heterocycles. The summed E-state index contributed by atoms with van der Waals surface area (Å²) in [5, 5.41) is 0. The first kappa shape index (κ1) is 19.2. The van der Waals surface area contributed by atoms with E-state index >= 15 is 0 Å². The van der Waals surface area contributed by atoms with Crippen LogP contribution in [0.2, 0.25) is 0 Å². The molecule has 2 heterocycles. The Bertz CT molecular complexity index is 774. The van der Waals surface area contributed by atoms with Crippen LogP contribution in [0.15, 0.2) is 30.6 Å². The molecule has 0 bridgehead atoms. The first-order valence-corrected chi connectivity index (χ1v) is 9.19. The topological polar surface area (TPSA) is 65.8 Å². The molecule has 1 aromatic carbocycles. The average Bonchev–Trinajstić information content (AvgIpc) is 3.19. The highest BCUT2D eigenvalue weighted by molar-refractivity contribution is 5.95. The van der Waals surface area contributed by atoms with Gasteiger partial charge in [0.25, 0.3) is 5.91 Å². The van der Waals surface area contributed by atoms with Crippen LogP contribution >= 0.6 is 0 Å². The maximum atomic E-state index is 13.0. The number of nitrogens with zero attached hydrogens (tertiary/aromatic N) is 3. The normalized spacial score (nSPS) is 17.0. The molecule has 0 saturated carbocycles. The minimum Gasteiger partial charge on any atom is -0.493 e. The Morgan fingerprint density at radius 3 is 2.78 bits per heavy atom. The average molecular weight is 373 g/mol. The number of likely N-dealkylation sites (tertiary alicyclic amines) is 1. The molecule has 0 radical (unpaired) electrons. The summed E-state index contributed by atoms with van der Waals surface area (Å²) in [7, 11) is 4.85. The highest BCUT2D eigenvalue weighted by Crippen LogP contribution is 2.30. The second-order valence-corrected chi connectivity index (χ2v) is 6.63. The van der Waals surface area contributed by atoms with Crippen LogP contribution in [-0.4, -0.2) is 61.4 Å². The predicted octanol–water partition coefficient (Wildman–Crippen LogP) is 2.57. The van der Waals surface area contributed by atoms with Gasteiger partial charge in [-0.15, -0.1) is 0 Å². The molecule has 0 N–H and O–H groups in total. The molecule has 1 atom stereocenters. The fraction of sp³-hybridized carbons (Fsp3) is 0.500. The molecule has 1 aliphatic rings. The number of amides is 1. The van der Waals surface area contributed by atoms with E-state index in [4.69, 9.17) is 14.2 Å². The number of aromatic nitrogens is 2. The van der Waals surface area contributed by atoms with E-state index in [0.717, 1.165) is 31.8 Å². The molecule has 3 rings (SSSR count). The van der Waals surface area contributed by atoms with E-state index in [-0.39, 0.29) is 11.8 Å². The summed E-state index contributed by atoms with van der Waals surface area (Å²) in [6, 6.07) is 5.29. The van der Waals surface area contributed by atoms with Crippen molar-refractivity contribution in [3.63, 3.8) is 0 Å². The summed E-state index contributed by atoms with van der Waals surface area (Å²) < 4.78 is 17.9. The standard InChI is InChI=1S/C20H27N3O4/c1-25-12-11-22-10-8-21-19(22)16-5-4-9-23(14-16)20(24)15-6-7-17(26-2)18(13-15)27-3/h6-8,10,13,16H,4-5,9,11-12,14H2,1-3H3/t16-/m0/s1. The lowest BCUT2D eigenvalue weighted by Gasteiger charge is -2.33. The molecular formula is C20H27N3O4. The van der Waals surface area contributed by atoms with E-state index in [2.05, 4.69) is 9.55 Å². The lowest BCUT2D eigenvalue weighted by molar-refractivity contribution is 0.0702. The number of carbonyl (C=O) groups excluding carboxylic acids is 1. The first-order valence-electron chi connectivity index (χ1n) is 9.19. The van der Waals surface area contributed by atoms with Gasteiger partial charge in [0.15, 0.2) is 11.5 Å². The molecule has 2 aromatic rings. The van der Waals surface area contributed by atoms with Crippen molar-refractivity contribution < 1.29 is 19.0 Å². The van der Waals surface area contributed by atoms with Crippen LogP contribution in [-0.2, 0) is 11.3 Å². The third kappa shape index (κ3) is 4.24. The molecular weight excluding hydrogens is 346 g/mol. The van der Waals surface area contributed by atoms with E-state index in [0.29, 0.717) is 30.2 Å². The lowest BCUT2D eigenvalue weighted by Crippen LogP contribution is -2.39. The van der Waals surface area contributed by atoms with Gasteiger partial charge in [-0.3, -0.25) is 4.79 Å². The molecule has 1 aliphatic heterocycles. The number of hydrogen-bond donors (Lipinski definition) is 0. The van der Waals surface area contributed by atoms with Crippen LogP contribution in [0.3, 0.4) is 0 Å². The molecule has 0 spiro atoms. The van der Waals surface area contributed by atoms with Gasteiger partial charge >= 0.3 is 0 Å². The van der Waals surface area contributed by atoms with Crippen LogP contribution in [0, 0.1) is 0 Å². The van der Waals surface area contributed by atoms with Gasteiger partial charge in [0.1, 0.15) is 5.82 Å². The number of imidazole rings is 1. The molecule has 0 unspecified atom stereocenters. The molecule has 27 heavy (non-hydrogen) atoms. The summed E-state index contributed by atoms with van der Waals surface area (Å²) in [5.74, 6) is 2.44. The second-order valence-electron chi connectivity index (χ2n) is 6.63. The smallest absolute Gasteiger partial charge is 0.254 e. The van der Waals surface area contributed by atoms with Crippen LogP contribution in [0.5, 0.6) is 11.5 Å². The van der Waals surface area contributed by atoms with Gasteiger partial charge in [-0.1, -0.05) is 0 Å². The number of carbonyl (C=O) groups is 1. The van der Waals surface area contributed by atoms with Crippen LogP contribution < -0.4 is 9.47 Å². The highest BCUT2D eigenvalue weighted by atomic mass is 16.5. The number of piperidine rings is 1. The Morgan fingerprint density at radius 1 is 1.22 bits per heavy atom. The van der Waals surface area contributed by atoms with Crippen molar-refractivity contribution in [2.45, 2.75) is 25.3 Å². The van der Waals surface area contributed by atoms with E-state index in [1.165, 1.54) is 0 Å². The van der Waals surface area contributed by atoms with E-state index in [1.54, 1.807) is 39.5 Å². The number of hydrogen-bond acceptors (Lipinski definition) is 5. The second kappa shape index (κ2) is 8.90. The number of methoxy groups -OCH3 is 3. The van der Waals surface area contributed by atoms with Crippen molar-refractivity contribution in [1.82, 2.24) is 14.5 Å². The summed E-state index contributed by atoms with van der Waals surface area (Å²) in [6.45, 7) is 2.83. The van der Waals surface area contributed by atoms with Gasteiger partial charge < -0.3 is 23.7 Å². The zero-order valence-electron chi connectivity index (χ0n) is 16.2. The van der Waals surface area contributed by atoms with Gasteiger partial charge in [0.2, 0.25) is 0 Å². The van der Waals surface area contributed by atoms with Gasteiger partial charge in [0, 0.05) is 50.6 Å². The molecule has 1 fully saturated rings. The van der Waals surface area contributed by atoms with Gasteiger partial charge in [0.05, 0.1) is 20.8 Å². The van der Waals surface area contributed by atoms with Crippen LogP contribution in [0.25, 0.3) is 0 Å². The molecule has 1 amide bonds. The number of benzene rings is 1. The summed E-state index contributed by atoms with van der Waals surface area (Å²) in [4.78, 5) is 19.5. The summed E-state index contributed by atoms with van der Waals surface area (Å²) in [6.07, 6.45) is 5.78. The monoisotopic (exact) mass is 373 g/mol. The summed E-state index contributed by atoms with van der Waals surface area (Å²) in [5.41, 5.74) is 0.607. The van der Waals surface area contributed by atoms with Crippen LogP contribution in [0.1, 0.15) is 34.9 Å². The first-order chi connectivity index (χ1) is 13.2. The van der Waals surface area contributed by atoms with Crippen LogP contribution in [0.4, 0.5) is 0 Å². The van der Waals surface area contributed by atoms with Crippen molar-refractivity contribution in [1.29, 1.82) is 0 Å². The van der Waals surface area contributed by atoms with Crippen molar-refractivity contribution in [3.8, 4) is 11.5 Å². The molecule has 1 saturated heterocycles. The predicted molar refractivity (Wildman–Crippen MR) is 102 cm³/mol. The maximum Gasteiger partial charge on any atom is 0.254 e. The third-order valence-electron chi connectivity index (χ3n) is 4.99. The van der Waals surface area contributed by atoms with E-state index in [9.17, 15) is 4.79 Å². The Morgan fingerprint density at radius 2 is 2.04 bits per heavy atom. The Balaban J connectivity index is 1.74. The fourth-order valence-corrected chi connectivity index (χ4v) is 3.58. The fourth-order valence-electron chi connectivity index (χ4n) is 3.58. The van der Waals surface area contributed by atoms with E-state index in [1.807, 2.05) is 17.3 Å². The third-order valence-corrected chi connectivity index (χ3v) is 4.99. The Hall–Kier alpha value is -2.54. The van der Waals surface area contributed by atoms with E-state index < -0.39 is 0 Å². The van der Waals surface area contributed by atoms with Gasteiger partial charge in [-0.2, -0.15) is 0 Å². The van der Waals surface area contributed by atoms with Crippen molar-refractivity contribution in [2.75, 3.05) is 41.0 Å². The molecule has 7 heteroatoms. The Kier molecular flexibility index (Phi) is 6.34. The maximum absolute atomic E-state index is 13.0. The van der Waals surface area contributed by atoms with Crippen molar-refractivity contribution in [3.05, 3.63) is 42.0 Å². The SMILES string of the molecule is COCCn1ccnc1[C@H]1CCCN(C(=O)c2ccc(OC)c(OC)c2)C1. The number of ether oxygens (including phenoxy) is 3. The molecule has 0 aliphatic carbocycles. The number of rotatable bonds is 7. The zero-order valence-corrected chi connectivity index (χ0v) is 16.2.